The van der Waals surface area contributed by atoms with Crippen LogP contribution in [0.3, 0.4) is 0 Å². The Morgan fingerprint density at radius 1 is 1.00 bits per heavy atom. The highest BCUT2D eigenvalue weighted by atomic mass is 32.1. The summed E-state index contributed by atoms with van der Waals surface area (Å²) in [6.45, 7) is 0. The minimum absolute atomic E-state index is 0.345. The average molecular weight is 406 g/mol. The molecule has 2 aromatic heterocycles. The van der Waals surface area contributed by atoms with E-state index in [1.807, 2.05) is 30.3 Å². The number of pyridine rings is 1. The van der Waals surface area contributed by atoms with Crippen LogP contribution >= 0.6 is 11.3 Å². The summed E-state index contributed by atoms with van der Waals surface area (Å²) in [6.07, 6.45) is 0. The highest BCUT2D eigenvalue weighted by molar-refractivity contribution is 7.22. The van der Waals surface area contributed by atoms with Gasteiger partial charge >= 0.3 is 11.2 Å². The monoisotopic (exact) mass is 406 g/mol. The zero-order valence-electron chi connectivity index (χ0n) is 15.6. The molecule has 0 atom stereocenters. The predicted octanol–water partition coefficient (Wildman–Crippen LogP) is 4.93. The molecule has 29 heavy (non-hydrogen) atoms. The molecule has 0 amide bonds. The first-order valence-electron chi connectivity index (χ1n) is 8.63. The molecule has 0 fully saturated rings. The van der Waals surface area contributed by atoms with E-state index < -0.39 is 11.2 Å². The van der Waals surface area contributed by atoms with Gasteiger partial charge in [-0.3, -0.25) is 9.36 Å². The van der Waals surface area contributed by atoms with Crippen LogP contribution in [0.25, 0.3) is 31.3 Å². The SMILES string of the molecule is COc1ccc(-c2cc3c(s2)c(O)c([N+]#N)c(=O)n3-c2ccc(OC)cc2)cc1. The Morgan fingerprint density at radius 3 is 2.14 bits per heavy atom. The van der Waals surface area contributed by atoms with Crippen molar-refractivity contribution >= 4 is 27.2 Å². The molecular weight excluding hydrogens is 390 g/mol. The number of fused-ring (bicyclic) bond motifs is 1. The van der Waals surface area contributed by atoms with Gasteiger partial charge in [-0.05, 0) is 60.2 Å². The van der Waals surface area contributed by atoms with Crippen molar-refractivity contribution in [2.24, 2.45) is 0 Å². The van der Waals surface area contributed by atoms with Crippen LogP contribution in [0.15, 0.2) is 59.4 Å². The molecule has 144 valence electrons. The van der Waals surface area contributed by atoms with Gasteiger partial charge in [0.2, 0.25) is 11.1 Å². The molecular formula is C21H16N3O4S+. The van der Waals surface area contributed by atoms with Gasteiger partial charge in [-0.2, -0.15) is 0 Å². The van der Waals surface area contributed by atoms with Crippen LogP contribution in [0.4, 0.5) is 5.69 Å². The molecule has 7 nitrogen and oxygen atoms in total. The van der Waals surface area contributed by atoms with Crippen LogP contribution in [-0.4, -0.2) is 23.9 Å². The van der Waals surface area contributed by atoms with Gasteiger partial charge in [-0.25, -0.2) is 0 Å². The van der Waals surface area contributed by atoms with E-state index in [1.54, 1.807) is 38.5 Å². The van der Waals surface area contributed by atoms with Crippen molar-refractivity contribution in [3.63, 3.8) is 0 Å². The van der Waals surface area contributed by atoms with E-state index >= 15 is 0 Å². The second kappa shape index (κ2) is 7.30. The van der Waals surface area contributed by atoms with E-state index in [4.69, 9.17) is 9.47 Å². The maximum absolute atomic E-state index is 12.9. The Kier molecular flexibility index (Phi) is 4.66. The molecule has 4 aromatic rings. The number of rotatable bonds is 4. The first-order valence-corrected chi connectivity index (χ1v) is 9.44. The zero-order valence-corrected chi connectivity index (χ0v) is 16.4. The molecule has 4 rings (SSSR count). The Labute approximate surface area is 169 Å². The number of nitrogens with zero attached hydrogens (tertiary/aromatic N) is 3. The maximum atomic E-state index is 12.9. The number of aromatic hydroxyl groups is 1. The highest BCUT2D eigenvalue weighted by Gasteiger charge is 2.28. The largest absolute Gasteiger partial charge is 0.500 e. The van der Waals surface area contributed by atoms with Crippen molar-refractivity contribution in [3.8, 4) is 33.4 Å². The molecule has 0 radical (unpaired) electrons. The number of methoxy groups -OCH3 is 2. The fourth-order valence-corrected chi connectivity index (χ4v) is 4.21. The maximum Gasteiger partial charge on any atom is 0.492 e. The lowest BCUT2D eigenvalue weighted by Gasteiger charge is -2.08. The van der Waals surface area contributed by atoms with E-state index in [1.165, 1.54) is 15.9 Å². The number of thiophene rings is 1. The summed E-state index contributed by atoms with van der Waals surface area (Å²) in [5.74, 6) is 1.03. The molecule has 2 heterocycles. The van der Waals surface area contributed by atoms with Crippen molar-refractivity contribution in [3.05, 3.63) is 69.9 Å². The molecule has 0 spiro atoms. The number of hydrogen-bond acceptors (Lipinski definition) is 6. The fraction of sp³-hybridized carbons (Fsp3) is 0.0952. The molecule has 0 bridgehead atoms. The van der Waals surface area contributed by atoms with Gasteiger partial charge in [0, 0.05) is 10.6 Å². The van der Waals surface area contributed by atoms with Crippen LogP contribution in [0.2, 0.25) is 0 Å². The summed E-state index contributed by atoms with van der Waals surface area (Å²) in [6, 6.07) is 16.2. The second-order valence-corrected chi connectivity index (χ2v) is 7.24. The van der Waals surface area contributed by atoms with Crippen molar-refractivity contribution in [1.29, 1.82) is 5.39 Å². The molecule has 0 aliphatic rings. The third-order valence-electron chi connectivity index (χ3n) is 4.60. The molecule has 0 saturated heterocycles. The van der Waals surface area contributed by atoms with Crippen LogP contribution in [-0.2, 0) is 0 Å². The standard InChI is InChI=1S/C21H15N3O4S/c1-27-14-7-3-12(4-8-14)17-11-16-20(29-17)19(25)18(23-22)21(26)24(16)13-5-9-15(28-2)10-6-13/h3-11H,1-2H3/p+1. The highest BCUT2D eigenvalue weighted by Crippen LogP contribution is 2.42. The first-order chi connectivity index (χ1) is 14.1. The number of hydrogen-bond donors (Lipinski definition) is 1. The molecule has 0 saturated carbocycles. The summed E-state index contributed by atoms with van der Waals surface area (Å²) in [5, 5.41) is 19.8. The van der Waals surface area contributed by atoms with E-state index in [2.05, 4.69) is 4.98 Å². The van der Waals surface area contributed by atoms with Crippen molar-refractivity contribution in [2.45, 2.75) is 0 Å². The fourth-order valence-electron chi connectivity index (χ4n) is 3.12. The minimum atomic E-state index is -0.623. The zero-order chi connectivity index (χ0) is 20.5. The lowest BCUT2D eigenvalue weighted by Crippen LogP contribution is -2.17. The normalized spacial score (nSPS) is 10.7. The quantitative estimate of drug-likeness (QED) is 0.486. The second-order valence-electron chi connectivity index (χ2n) is 6.19. The Bertz CT molecular complexity index is 1300. The molecule has 0 aliphatic heterocycles. The van der Waals surface area contributed by atoms with Crippen molar-refractivity contribution in [2.75, 3.05) is 14.2 Å². The van der Waals surface area contributed by atoms with Crippen molar-refractivity contribution in [1.82, 2.24) is 4.57 Å². The predicted molar refractivity (Wildman–Crippen MR) is 112 cm³/mol. The van der Waals surface area contributed by atoms with E-state index in [-0.39, 0.29) is 5.75 Å². The first kappa shape index (κ1) is 18.5. The molecule has 0 aliphatic carbocycles. The van der Waals surface area contributed by atoms with Gasteiger partial charge in [0.15, 0.2) is 4.98 Å². The number of ether oxygens (including phenoxy) is 2. The summed E-state index contributed by atoms with van der Waals surface area (Å²) in [7, 11) is 3.16. The summed E-state index contributed by atoms with van der Waals surface area (Å²) < 4.78 is 12.2. The average Bonchev–Trinajstić information content (AvgIpc) is 3.20. The number of diazo groups is 1. The van der Waals surface area contributed by atoms with Gasteiger partial charge < -0.3 is 14.6 Å². The molecule has 0 unspecified atom stereocenters. The Morgan fingerprint density at radius 2 is 1.59 bits per heavy atom. The van der Waals surface area contributed by atoms with Gasteiger partial charge in [0.05, 0.1) is 19.7 Å². The Balaban J connectivity index is 1.99. The third kappa shape index (κ3) is 3.07. The van der Waals surface area contributed by atoms with Gasteiger partial charge in [-0.1, -0.05) is 0 Å². The number of aromatic nitrogens is 1. The lowest BCUT2D eigenvalue weighted by molar-refractivity contribution is 0.414. The van der Waals surface area contributed by atoms with E-state index in [9.17, 15) is 15.3 Å². The van der Waals surface area contributed by atoms with Crippen LogP contribution in [0, 0.1) is 5.39 Å². The smallest absolute Gasteiger partial charge is 0.492 e. The van der Waals surface area contributed by atoms with E-state index in [0.717, 1.165) is 16.2 Å². The molecule has 1 N–H and O–H groups in total. The van der Waals surface area contributed by atoms with Crippen molar-refractivity contribution < 1.29 is 14.6 Å². The topological polar surface area (TPSA) is 88.8 Å². The summed E-state index contributed by atoms with van der Waals surface area (Å²) >= 11 is 1.30. The van der Waals surface area contributed by atoms with Gasteiger partial charge in [0.25, 0.3) is 0 Å². The summed E-state index contributed by atoms with van der Waals surface area (Å²) in [4.78, 5) is 16.8. The lowest BCUT2D eigenvalue weighted by atomic mass is 10.1. The molecule has 2 aromatic carbocycles. The molecule has 8 heteroatoms. The van der Waals surface area contributed by atoms with E-state index in [0.29, 0.717) is 21.7 Å². The van der Waals surface area contributed by atoms with Crippen LogP contribution in [0.5, 0.6) is 17.2 Å². The van der Waals surface area contributed by atoms with Gasteiger partial charge in [-0.15, -0.1) is 11.3 Å². The minimum Gasteiger partial charge on any atom is -0.500 e. The number of benzene rings is 2. The van der Waals surface area contributed by atoms with Gasteiger partial charge in [0.1, 0.15) is 16.2 Å². The van der Waals surface area contributed by atoms with Crippen LogP contribution < -0.4 is 15.0 Å². The Hall–Kier alpha value is -3.83. The van der Waals surface area contributed by atoms with Crippen LogP contribution in [0.1, 0.15) is 0 Å². The summed E-state index contributed by atoms with van der Waals surface area (Å²) in [5.41, 5.74) is 0.950. The third-order valence-corrected chi connectivity index (χ3v) is 5.78.